The molecule has 0 fully saturated rings. The molecule has 2 amide bonds. The van der Waals surface area contributed by atoms with E-state index in [-0.39, 0.29) is 17.1 Å². The molecule has 1 atom stereocenters. The van der Waals surface area contributed by atoms with Gasteiger partial charge in [0.2, 0.25) is 5.91 Å². The van der Waals surface area contributed by atoms with Gasteiger partial charge in [0.25, 0.3) is 5.91 Å². The number of benzene rings is 3. The van der Waals surface area contributed by atoms with E-state index >= 15 is 0 Å². The van der Waals surface area contributed by atoms with Gasteiger partial charge in [0.05, 0.1) is 11.9 Å². The molecule has 0 aliphatic heterocycles. The maximum atomic E-state index is 12.7. The van der Waals surface area contributed by atoms with Crippen LogP contribution in [0.3, 0.4) is 0 Å². The molecule has 2 N–H and O–H groups in total. The molecule has 0 spiro atoms. The quantitative estimate of drug-likeness (QED) is 0.265. The van der Waals surface area contributed by atoms with E-state index in [0.29, 0.717) is 17.9 Å². The first-order valence-electron chi connectivity index (χ1n) is 11.1. The highest BCUT2D eigenvalue weighted by atomic mass is 32.2. The lowest BCUT2D eigenvalue weighted by atomic mass is 10.1. The molecule has 0 aliphatic rings. The van der Waals surface area contributed by atoms with E-state index in [9.17, 15) is 9.59 Å². The fourth-order valence-electron chi connectivity index (χ4n) is 3.03. The predicted molar refractivity (Wildman–Crippen MR) is 136 cm³/mol. The fourth-order valence-corrected chi connectivity index (χ4v) is 3.95. The number of aryl methyl sites for hydroxylation is 1. The molecule has 6 heteroatoms. The van der Waals surface area contributed by atoms with Crippen molar-refractivity contribution in [3.05, 3.63) is 83.9 Å². The zero-order valence-electron chi connectivity index (χ0n) is 19.3. The molecular formula is C27H30N2O3S. The number of hydrogen-bond acceptors (Lipinski definition) is 4. The Hall–Kier alpha value is -3.25. The van der Waals surface area contributed by atoms with Crippen LogP contribution in [0.15, 0.2) is 77.7 Å². The smallest absolute Gasteiger partial charge is 0.255 e. The van der Waals surface area contributed by atoms with Gasteiger partial charge >= 0.3 is 0 Å². The molecule has 0 radical (unpaired) electrons. The molecule has 0 aromatic heterocycles. The van der Waals surface area contributed by atoms with Gasteiger partial charge < -0.3 is 15.4 Å². The number of ether oxygens (including phenoxy) is 1. The van der Waals surface area contributed by atoms with Gasteiger partial charge in [-0.25, -0.2) is 0 Å². The molecule has 0 bridgehead atoms. The monoisotopic (exact) mass is 462 g/mol. The molecule has 0 heterocycles. The van der Waals surface area contributed by atoms with Crippen LogP contribution in [0, 0.1) is 6.92 Å². The van der Waals surface area contributed by atoms with Crippen LogP contribution in [0.5, 0.6) is 5.75 Å². The first kappa shape index (κ1) is 24.4. The van der Waals surface area contributed by atoms with Crippen LogP contribution in [0.25, 0.3) is 0 Å². The molecule has 0 aliphatic carbocycles. The van der Waals surface area contributed by atoms with E-state index in [1.165, 1.54) is 11.8 Å². The standard InChI is InChI=1S/C27H30N2O3S/c1-4-5-17-32-24-15-13-22(14-16-24)28-26(30)20(3)33-25-8-6-7-23(18-25)29-27(31)21-11-9-19(2)10-12-21/h6-16,18,20H,4-5,17H2,1-3H3,(H,28,30)(H,29,31). The van der Waals surface area contributed by atoms with Crippen LogP contribution in [-0.2, 0) is 4.79 Å². The first-order valence-corrected chi connectivity index (χ1v) is 12.0. The first-order chi connectivity index (χ1) is 15.9. The number of carbonyl (C=O) groups excluding carboxylic acids is 2. The van der Waals surface area contributed by atoms with E-state index in [1.54, 1.807) is 12.1 Å². The van der Waals surface area contributed by atoms with E-state index in [2.05, 4.69) is 17.6 Å². The van der Waals surface area contributed by atoms with Crippen molar-refractivity contribution in [1.82, 2.24) is 0 Å². The number of thioether (sulfide) groups is 1. The van der Waals surface area contributed by atoms with Crippen molar-refractivity contribution in [2.45, 2.75) is 43.8 Å². The number of nitrogens with one attached hydrogen (secondary N) is 2. The van der Waals surface area contributed by atoms with Crippen molar-refractivity contribution in [3.8, 4) is 5.75 Å². The summed E-state index contributed by atoms with van der Waals surface area (Å²) in [5, 5.41) is 5.55. The maximum Gasteiger partial charge on any atom is 0.255 e. The van der Waals surface area contributed by atoms with Gasteiger partial charge in [-0.05, 0) is 74.9 Å². The summed E-state index contributed by atoms with van der Waals surface area (Å²) in [5.74, 6) is 0.548. The van der Waals surface area contributed by atoms with Crippen LogP contribution in [-0.4, -0.2) is 23.7 Å². The molecule has 33 heavy (non-hydrogen) atoms. The van der Waals surface area contributed by atoms with E-state index < -0.39 is 0 Å². The Morgan fingerprint density at radius 2 is 1.67 bits per heavy atom. The molecular weight excluding hydrogens is 432 g/mol. The molecule has 1 unspecified atom stereocenters. The summed E-state index contributed by atoms with van der Waals surface area (Å²) in [7, 11) is 0. The maximum absolute atomic E-state index is 12.7. The SMILES string of the molecule is CCCCOc1ccc(NC(=O)C(C)Sc2cccc(NC(=O)c3ccc(C)cc3)c2)cc1. The zero-order chi connectivity index (χ0) is 23.6. The lowest BCUT2D eigenvalue weighted by Crippen LogP contribution is -2.22. The van der Waals surface area contributed by atoms with Crippen molar-refractivity contribution in [1.29, 1.82) is 0 Å². The largest absolute Gasteiger partial charge is 0.494 e. The third-order valence-electron chi connectivity index (χ3n) is 4.98. The number of anilines is 2. The molecule has 5 nitrogen and oxygen atoms in total. The summed E-state index contributed by atoms with van der Waals surface area (Å²) in [6.45, 7) is 6.66. The molecule has 3 aromatic rings. The molecule has 3 aromatic carbocycles. The van der Waals surface area contributed by atoms with Gasteiger partial charge in [-0.15, -0.1) is 11.8 Å². The third-order valence-corrected chi connectivity index (χ3v) is 6.07. The highest BCUT2D eigenvalue weighted by molar-refractivity contribution is 8.00. The second-order valence-corrected chi connectivity index (χ2v) is 9.24. The highest BCUT2D eigenvalue weighted by Crippen LogP contribution is 2.27. The van der Waals surface area contributed by atoms with Crippen molar-refractivity contribution in [2.75, 3.05) is 17.2 Å². The zero-order valence-corrected chi connectivity index (χ0v) is 20.1. The summed E-state index contributed by atoms with van der Waals surface area (Å²) in [4.78, 5) is 26.0. The average molecular weight is 463 g/mol. The Balaban J connectivity index is 1.54. The van der Waals surface area contributed by atoms with Gasteiger partial charge in [0, 0.05) is 21.8 Å². The Morgan fingerprint density at radius 1 is 0.939 bits per heavy atom. The summed E-state index contributed by atoms with van der Waals surface area (Å²) in [5.41, 5.74) is 3.13. The number of hydrogen-bond donors (Lipinski definition) is 2. The molecule has 0 saturated heterocycles. The number of unbranched alkanes of at least 4 members (excludes halogenated alkanes) is 1. The third kappa shape index (κ3) is 7.68. The van der Waals surface area contributed by atoms with Crippen LogP contribution >= 0.6 is 11.8 Å². The van der Waals surface area contributed by atoms with E-state index in [1.807, 2.05) is 74.5 Å². The van der Waals surface area contributed by atoms with Crippen LogP contribution in [0.4, 0.5) is 11.4 Å². The minimum absolute atomic E-state index is 0.0891. The highest BCUT2D eigenvalue weighted by Gasteiger charge is 2.15. The Labute approximate surface area is 199 Å². The summed E-state index contributed by atoms with van der Waals surface area (Å²) in [6, 6.07) is 22.4. The normalized spacial score (nSPS) is 11.5. The van der Waals surface area contributed by atoms with Crippen molar-refractivity contribution in [3.63, 3.8) is 0 Å². The van der Waals surface area contributed by atoms with Crippen LogP contribution in [0.2, 0.25) is 0 Å². The second kappa shape index (κ2) is 12.1. The van der Waals surface area contributed by atoms with Gasteiger partial charge in [0.15, 0.2) is 0 Å². The van der Waals surface area contributed by atoms with Crippen LogP contribution in [0.1, 0.15) is 42.6 Å². The Bertz CT molecular complexity index is 1070. The summed E-state index contributed by atoms with van der Waals surface area (Å²) >= 11 is 1.44. The Kier molecular flexibility index (Phi) is 8.95. The molecule has 0 saturated carbocycles. The Morgan fingerprint density at radius 3 is 2.36 bits per heavy atom. The van der Waals surface area contributed by atoms with Gasteiger partial charge in [-0.2, -0.15) is 0 Å². The van der Waals surface area contributed by atoms with Gasteiger partial charge in [0.1, 0.15) is 5.75 Å². The van der Waals surface area contributed by atoms with Gasteiger partial charge in [-0.3, -0.25) is 9.59 Å². The number of carbonyl (C=O) groups is 2. The lowest BCUT2D eigenvalue weighted by Gasteiger charge is -2.13. The van der Waals surface area contributed by atoms with Crippen molar-refractivity contribution in [2.24, 2.45) is 0 Å². The lowest BCUT2D eigenvalue weighted by molar-refractivity contribution is -0.115. The van der Waals surface area contributed by atoms with Crippen LogP contribution < -0.4 is 15.4 Å². The number of rotatable bonds is 10. The summed E-state index contributed by atoms with van der Waals surface area (Å²) in [6.07, 6.45) is 2.11. The number of amides is 2. The molecule has 172 valence electrons. The fraction of sp³-hybridized carbons (Fsp3) is 0.259. The summed E-state index contributed by atoms with van der Waals surface area (Å²) < 4.78 is 5.66. The minimum atomic E-state index is -0.312. The van der Waals surface area contributed by atoms with E-state index in [4.69, 9.17) is 4.74 Å². The predicted octanol–water partition coefficient (Wildman–Crippen LogP) is 6.55. The average Bonchev–Trinajstić information content (AvgIpc) is 2.81. The molecule has 3 rings (SSSR count). The van der Waals surface area contributed by atoms with Crippen molar-refractivity contribution >= 4 is 35.0 Å². The minimum Gasteiger partial charge on any atom is -0.494 e. The van der Waals surface area contributed by atoms with Gasteiger partial charge in [-0.1, -0.05) is 37.1 Å². The second-order valence-electron chi connectivity index (χ2n) is 7.82. The van der Waals surface area contributed by atoms with Crippen molar-refractivity contribution < 1.29 is 14.3 Å². The van der Waals surface area contributed by atoms with E-state index in [0.717, 1.165) is 34.7 Å². The topological polar surface area (TPSA) is 67.4 Å².